The van der Waals surface area contributed by atoms with Crippen LogP contribution in [0.4, 0.5) is 11.4 Å². The van der Waals surface area contributed by atoms with Crippen LogP contribution in [0.15, 0.2) is 82.6 Å². The Balaban J connectivity index is 1.12. The number of thiazole rings is 1. The molecule has 3 amide bonds. The first-order chi connectivity index (χ1) is 21.8. The van der Waals surface area contributed by atoms with Gasteiger partial charge in [0.25, 0.3) is 5.91 Å². The molecule has 7 atom stereocenters. The van der Waals surface area contributed by atoms with Gasteiger partial charge in [0.1, 0.15) is 5.75 Å². The van der Waals surface area contributed by atoms with Gasteiger partial charge in [0.2, 0.25) is 11.8 Å². The molecular weight excluding hydrogens is 630 g/mol. The molecule has 6 unspecified atom stereocenters. The number of nitrogens with one attached hydrogen (secondary N) is 2. The molecule has 228 valence electrons. The number of ether oxygens (including phenoxy) is 1. The minimum Gasteiger partial charge on any atom is -0.483 e. The number of carbonyl (C=O) groups excluding carboxylic acids is 3. The summed E-state index contributed by atoms with van der Waals surface area (Å²) in [5, 5.41) is 4.28. The smallest absolute Gasteiger partial charge is 0.305 e. The van der Waals surface area contributed by atoms with Crippen LogP contribution in [0.2, 0.25) is 5.02 Å². The number of para-hydroxylation sites is 1. The summed E-state index contributed by atoms with van der Waals surface area (Å²) in [6.07, 6.45) is 0.779. The Bertz CT molecular complexity index is 1910. The molecule has 2 saturated carbocycles. The number of imide groups is 1. The molecular formula is C34H28ClN3O5S2. The summed E-state index contributed by atoms with van der Waals surface area (Å²) < 4.78 is 6.17. The van der Waals surface area contributed by atoms with Crippen molar-refractivity contribution < 1.29 is 19.1 Å². The number of H-pyrrole nitrogens is 1. The number of halogens is 1. The van der Waals surface area contributed by atoms with Crippen LogP contribution in [-0.4, -0.2) is 34.6 Å². The minimum atomic E-state index is -0.423. The van der Waals surface area contributed by atoms with Gasteiger partial charge in [-0.15, -0.1) is 11.8 Å². The van der Waals surface area contributed by atoms with Gasteiger partial charge in [-0.1, -0.05) is 58.8 Å². The highest BCUT2D eigenvalue weighted by Gasteiger charge is 2.69. The van der Waals surface area contributed by atoms with E-state index in [0.717, 1.165) is 27.5 Å². The number of rotatable bonds is 6. The Morgan fingerprint density at radius 3 is 2.44 bits per heavy atom. The number of anilines is 2. The van der Waals surface area contributed by atoms with E-state index in [-0.39, 0.29) is 58.1 Å². The topological polar surface area (TPSA) is 109 Å². The van der Waals surface area contributed by atoms with Gasteiger partial charge in [0, 0.05) is 32.3 Å². The van der Waals surface area contributed by atoms with Crippen LogP contribution in [0.3, 0.4) is 0 Å². The van der Waals surface area contributed by atoms with E-state index in [4.69, 9.17) is 16.3 Å². The maximum Gasteiger partial charge on any atom is 0.305 e. The summed E-state index contributed by atoms with van der Waals surface area (Å²) in [5.41, 5.74) is 3.21. The molecule has 3 fully saturated rings. The normalized spacial score (nSPS) is 27.7. The van der Waals surface area contributed by atoms with Crippen molar-refractivity contribution >= 4 is 63.8 Å². The van der Waals surface area contributed by atoms with Gasteiger partial charge in [-0.2, -0.15) is 0 Å². The average Bonchev–Trinajstić information content (AvgIpc) is 3.77. The van der Waals surface area contributed by atoms with E-state index >= 15 is 0 Å². The number of fused-ring (bicyclic) bond motifs is 9. The first-order valence-electron chi connectivity index (χ1n) is 14.9. The lowest BCUT2D eigenvalue weighted by molar-refractivity contribution is -0.123. The lowest BCUT2D eigenvalue weighted by Gasteiger charge is -2.43. The molecule has 2 N–H and O–H groups in total. The third kappa shape index (κ3) is 4.64. The Kier molecular flexibility index (Phi) is 6.92. The van der Waals surface area contributed by atoms with Crippen molar-refractivity contribution in [3.05, 3.63) is 103 Å². The highest BCUT2D eigenvalue weighted by molar-refractivity contribution is 8.00. The van der Waals surface area contributed by atoms with Crippen molar-refractivity contribution in [1.82, 2.24) is 4.98 Å². The molecule has 4 aromatic rings. The van der Waals surface area contributed by atoms with Crippen LogP contribution in [0, 0.1) is 36.5 Å². The average molecular weight is 658 g/mol. The number of carbonyl (C=O) groups is 3. The fourth-order valence-corrected chi connectivity index (χ4v) is 11.1. The van der Waals surface area contributed by atoms with Crippen molar-refractivity contribution in [3.63, 3.8) is 0 Å². The number of aromatic nitrogens is 1. The lowest BCUT2D eigenvalue weighted by Crippen LogP contribution is -2.42. The van der Waals surface area contributed by atoms with E-state index in [1.54, 1.807) is 36.0 Å². The van der Waals surface area contributed by atoms with Crippen molar-refractivity contribution in [2.24, 2.45) is 29.6 Å². The number of hydrogen-bond acceptors (Lipinski definition) is 7. The van der Waals surface area contributed by atoms with Crippen molar-refractivity contribution in [2.75, 3.05) is 16.8 Å². The number of thioether (sulfide) groups is 1. The van der Waals surface area contributed by atoms with Gasteiger partial charge in [0.05, 0.1) is 22.5 Å². The first kappa shape index (κ1) is 28.6. The van der Waals surface area contributed by atoms with E-state index in [1.807, 2.05) is 55.5 Å². The third-order valence-electron chi connectivity index (χ3n) is 9.76. The largest absolute Gasteiger partial charge is 0.483 e. The monoisotopic (exact) mass is 657 g/mol. The maximum atomic E-state index is 14.0. The van der Waals surface area contributed by atoms with Crippen molar-refractivity contribution in [2.45, 2.75) is 29.5 Å². The molecule has 0 radical (unpaired) electrons. The first-order valence-corrected chi connectivity index (χ1v) is 17.0. The second-order valence-corrected chi connectivity index (χ2v) is 14.8. The second-order valence-electron chi connectivity index (χ2n) is 12.2. The van der Waals surface area contributed by atoms with Crippen LogP contribution in [0.1, 0.15) is 28.3 Å². The van der Waals surface area contributed by atoms with Crippen LogP contribution >= 0.6 is 34.7 Å². The number of amides is 3. The fourth-order valence-electron chi connectivity index (χ4n) is 8.06. The molecule has 0 spiro atoms. The summed E-state index contributed by atoms with van der Waals surface area (Å²) >= 11 is 8.92. The van der Waals surface area contributed by atoms with Crippen molar-refractivity contribution in [3.8, 4) is 5.75 Å². The number of aryl methyl sites for hydroxylation is 1. The molecule has 3 heterocycles. The van der Waals surface area contributed by atoms with Crippen LogP contribution in [0.5, 0.6) is 5.75 Å². The molecule has 1 saturated heterocycles. The Morgan fingerprint density at radius 2 is 1.69 bits per heavy atom. The zero-order valence-corrected chi connectivity index (χ0v) is 26.5. The van der Waals surface area contributed by atoms with Gasteiger partial charge < -0.3 is 15.0 Å². The maximum absolute atomic E-state index is 14.0. The summed E-state index contributed by atoms with van der Waals surface area (Å²) in [5.74, 6) is -1.10. The predicted molar refractivity (Wildman–Crippen MR) is 174 cm³/mol. The summed E-state index contributed by atoms with van der Waals surface area (Å²) in [6, 6.07) is 22.0. The number of nitrogens with zero attached hydrogens (tertiary/aromatic N) is 1. The van der Waals surface area contributed by atoms with Gasteiger partial charge in [-0.25, -0.2) is 0 Å². The molecule has 1 aromatic heterocycles. The zero-order chi connectivity index (χ0) is 31.0. The van der Waals surface area contributed by atoms with E-state index in [1.165, 1.54) is 16.2 Å². The third-order valence-corrected chi connectivity index (χ3v) is 12.6. The summed E-state index contributed by atoms with van der Waals surface area (Å²) in [7, 11) is 0. The number of benzene rings is 3. The quantitative estimate of drug-likeness (QED) is 0.243. The van der Waals surface area contributed by atoms with Crippen molar-refractivity contribution in [1.29, 1.82) is 0 Å². The number of aromatic amines is 1. The predicted octanol–water partition coefficient (Wildman–Crippen LogP) is 6.09. The van der Waals surface area contributed by atoms with E-state index in [0.29, 0.717) is 22.1 Å². The molecule has 45 heavy (non-hydrogen) atoms. The highest BCUT2D eigenvalue weighted by atomic mass is 35.5. The van der Waals surface area contributed by atoms with Gasteiger partial charge in [-0.3, -0.25) is 24.1 Å². The fraction of sp³-hybridized carbons (Fsp3) is 0.294. The molecule has 4 aliphatic rings. The molecule has 8 nitrogen and oxygen atoms in total. The summed E-state index contributed by atoms with van der Waals surface area (Å²) in [6.45, 7) is 1.80. The van der Waals surface area contributed by atoms with Gasteiger partial charge in [-0.05, 0) is 73.6 Å². The molecule has 2 bridgehead atoms. The Morgan fingerprint density at radius 1 is 0.978 bits per heavy atom. The SMILES string of the molecule is Cc1ccc(NC(=O)COc2ccccc2[C@H]2c3sc(=O)[nH]c3SC3C4CC(C5C(=O)N(c6ccc(Cl)cc6)C(=O)C45)C32)cc1. The Hall–Kier alpha value is -3.86. The zero-order valence-electron chi connectivity index (χ0n) is 24.1. The minimum absolute atomic E-state index is 0.00355. The van der Waals surface area contributed by atoms with Crippen LogP contribution in [-0.2, 0) is 14.4 Å². The molecule has 2 aliphatic heterocycles. The second kappa shape index (κ2) is 10.9. The number of hydrogen-bond donors (Lipinski definition) is 2. The molecule has 3 aromatic carbocycles. The highest BCUT2D eigenvalue weighted by Crippen LogP contribution is 2.69. The Labute approximate surface area is 272 Å². The lowest BCUT2D eigenvalue weighted by atomic mass is 9.68. The van der Waals surface area contributed by atoms with Crippen LogP contribution in [0.25, 0.3) is 0 Å². The van der Waals surface area contributed by atoms with Crippen LogP contribution < -0.4 is 19.8 Å². The summed E-state index contributed by atoms with van der Waals surface area (Å²) in [4.78, 5) is 58.5. The van der Waals surface area contributed by atoms with E-state index in [9.17, 15) is 19.2 Å². The molecule has 2 aliphatic carbocycles. The standard InChI is InChI=1S/C34H28ClN3O5S2/c1-16-6-10-18(11-7-16)36-24(39)15-43-23-5-3-2-4-20(23)25-26-21-14-22(29(26)44-31-30(25)45-34(42)37-31)28-27(21)32(40)38(33(28)41)19-12-8-17(35)9-13-19/h2-13,21-22,25-29H,14-15H2,1H3,(H,36,39)(H,37,42)/t21?,22?,25-,26?,27?,28?,29?/m1/s1. The molecule has 8 rings (SSSR count). The van der Waals surface area contributed by atoms with Gasteiger partial charge >= 0.3 is 4.87 Å². The van der Waals surface area contributed by atoms with Gasteiger partial charge in [0.15, 0.2) is 6.61 Å². The van der Waals surface area contributed by atoms with E-state index in [2.05, 4.69) is 10.3 Å². The van der Waals surface area contributed by atoms with E-state index < -0.39 is 11.8 Å². The molecule has 11 heteroatoms.